The highest BCUT2D eigenvalue weighted by molar-refractivity contribution is 8.00. The van der Waals surface area contributed by atoms with Crippen LogP contribution in [-0.2, 0) is 24.2 Å². The molecule has 5 nitrogen and oxygen atoms in total. The Morgan fingerprint density at radius 3 is 2.79 bits per heavy atom. The highest BCUT2D eigenvalue weighted by Crippen LogP contribution is 2.37. The predicted molar refractivity (Wildman–Crippen MR) is 118 cm³/mol. The van der Waals surface area contributed by atoms with Crippen molar-refractivity contribution in [1.29, 1.82) is 0 Å². The van der Waals surface area contributed by atoms with Crippen molar-refractivity contribution in [3.63, 3.8) is 0 Å². The lowest BCUT2D eigenvalue weighted by Crippen LogP contribution is -2.35. The van der Waals surface area contributed by atoms with Crippen molar-refractivity contribution in [2.75, 3.05) is 14.1 Å². The average Bonchev–Trinajstić information content (AvgIpc) is 2.98. The number of aryl methyl sites for hydroxylation is 1. The van der Waals surface area contributed by atoms with Crippen molar-refractivity contribution < 1.29 is 4.79 Å². The van der Waals surface area contributed by atoms with Crippen LogP contribution in [0.25, 0.3) is 10.2 Å². The van der Waals surface area contributed by atoms with Gasteiger partial charge in [-0.15, -0.1) is 17.9 Å². The Balaban J connectivity index is 2.14. The monoisotopic (exact) mass is 419 g/mol. The molecule has 2 atom stereocenters. The van der Waals surface area contributed by atoms with Gasteiger partial charge in [0.25, 0.3) is 5.56 Å². The average molecular weight is 420 g/mol. The summed E-state index contributed by atoms with van der Waals surface area (Å²) in [5, 5.41) is 1.10. The topological polar surface area (TPSA) is 55.2 Å². The lowest BCUT2D eigenvalue weighted by molar-refractivity contribution is -0.128. The number of nitrogens with zero attached hydrogens (tertiary/aromatic N) is 3. The molecule has 0 radical (unpaired) electrons. The molecule has 1 aliphatic carbocycles. The van der Waals surface area contributed by atoms with Gasteiger partial charge in [0.1, 0.15) is 4.83 Å². The van der Waals surface area contributed by atoms with Crippen LogP contribution < -0.4 is 5.56 Å². The van der Waals surface area contributed by atoms with Crippen LogP contribution in [0.2, 0.25) is 0 Å². The fourth-order valence-electron chi connectivity index (χ4n) is 3.62. The van der Waals surface area contributed by atoms with Crippen LogP contribution in [0.1, 0.15) is 37.6 Å². The second kappa shape index (κ2) is 8.41. The molecule has 3 rings (SSSR count). The second-order valence-corrected chi connectivity index (χ2v) is 10.3. The normalized spacial score (nSPS) is 17.6. The smallest absolute Gasteiger partial charge is 0.263 e. The van der Waals surface area contributed by atoms with E-state index in [2.05, 4.69) is 13.5 Å². The summed E-state index contributed by atoms with van der Waals surface area (Å²) < 4.78 is 1.68. The van der Waals surface area contributed by atoms with E-state index in [1.54, 1.807) is 41.0 Å². The molecule has 0 N–H and O–H groups in total. The predicted octanol–water partition coefficient (Wildman–Crippen LogP) is 3.97. The van der Waals surface area contributed by atoms with Crippen LogP contribution in [0.4, 0.5) is 0 Å². The molecule has 0 aromatic carbocycles. The van der Waals surface area contributed by atoms with Crippen LogP contribution in [0.5, 0.6) is 0 Å². The maximum atomic E-state index is 13.4. The van der Waals surface area contributed by atoms with E-state index >= 15 is 0 Å². The quantitative estimate of drug-likeness (QED) is 0.404. The summed E-state index contributed by atoms with van der Waals surface area (Å²) in [6.07, 6.45) is 4.80. The summed E-state index contributed by atoms with van der Waals surface area (Å²) in [6, 6.07) is 0. The summed E-state index contributed by atoms with van der Waals surface area (Å²) in [6.45, 7) is 10.5. The molecule has 2 aromatic rings. The zero-order valence-corrected chi connectivity index (χ0v) is 19.0. The number of fused-ring (bicyclic) bond motifs is 3. The van der Waals surface area contributed by atoms with Gasteiger partial charge in [0.15, 0.2) is 5.16 Å². The molecular weight excluding hydrogens is 390 g/mol. The molecule has 2 heterocycles. The van der Waals surface area contributed by atoms with Crippen molar-refractivity contribution in [1.82, 2.24) is 14.5 Å². The number of aromatic nitrogens is 2. The molecule has 1 aliphatic rings. The minimum absolute atomic E-state index is 0.000684. The molecule has 0 saturated heterocycles. The maximum Gasteiger partial charge on any atom is 0.263 e. The molecule has 2 aromatic heterocycles. The summed E-state index contributed by atoms with van der Waals surface area (Å²) in [7, 11) is 3.53. The van der Waals surface area contributed by atoms with Gasteiger partial charge in [-0.2, -0.15) is 0 Å². The van der Waals surface area contributed by atoms with Gasteiger partial charge in [-0.1, -0.05) is 38.6 Å². The molecule has 0 bridgehead atoms. The van der Waals surface area contributed by atoms with Gasteiger partial charge < -0.3 is 4.90 Å². The fourth-order valence-corrected chi connectivity index (χ4v) is 6.30. The molecule has 0 fully saturated rings. The lowest BCUT2D eigenvalue weighted by atomic mass is 9.89. The first-order valence-corrected chi connectivity index (χ1v) is 11.5. The van der Waals surface area contributed by atoms with E-state index in [1.807, 2.05) is 13.8 Å². The van der Waals surface area contributed by atoms with E-state index in [-0.39, 0.29) is 22.6 Å². The Hall–Kier alpha value is -1.60. The van der Waals surface area contributed by atoms with Gasteiger partial charge in [0.05, 0.1) is 10.6 Å². The summed E-state index contributed by atoms with van der Waals surface area (Å²) in [5.41, 5.74) is 1.19. The first-order chi connectivity index (χ1) is 13.2. The third-order valence-corrected chi connectivity index (χ3v) is 7.88. The number of rotatable bonds is 6. The Morgan fingerprint density at radius 2 is 2.18 bits per heavy atom. The maximum absolute atomic E-state index is 13.4. The van der Waals surface area contributed by atoms with Crippen LogP contribution in [0.3, 0.4) is 0 Å². The Morgan fingerprint density at radius 1 is 1.46 bits per heavy atom. The molecule has 152 valence electrons. The van der Waals surface area contributed by atoms with E-state index in [9.17, 15) is 9.59 Å². The van der Waals surface area contributed by atoms with Crippen molar-refractivity contribution >= 4 is 39.2 Å². The first-order valence-electron chi connectivity index (χ1n) is 9.78. The second-order valence-electron chi connectivity index (χ2n) is 8.15. The van der Waals surface area contributed by atoms with E-state index in [4.69, 9.17) is 4.98 Å². The lowest BCUT2D eigenvalue weighted by Gasteiger charge is -2.23. The molecule has 1 amide bonds. The van der Waals surface area contributed by atoms with Crippen molar-refractivity contribution in [2.45, 2.75) is 57.0 Å². The number of thioether (sulfide) groups is 1. The van der Waals surface area contributed by atoms with Gasteiger partial charge >= 0.3 is 0 Å². The van der Waals surface area contributed by atoms with Gasteiger partial charge in [-0.3, -0.25) is 14.2 Å². The number of amides is 1. The number of allylic oxidation sites excluding steroid dienone is 1. The molecule has 0 aliphatic heterocycles. The van der Waals surface area contributed by atoms with Gasteiger partial charge in [0, 0.05) is 25.5 Å². The van der Waals surface area contributed by atoms with Gasteiger partial charge in [-0.05, 0) is 36.7 Å². The Kier molecular flexibility index (Phi) is 6.34. The van der Waals surface area contributed by atoms with E-state index < -0.39 is 0 Å². The zero-order chi connectivity index (χ0) is 20.6. The van der Waals surface area contributed by atoms with Crippen LogP contribution in [0, 0.1) is 11.8 Å². The molecule has 2 unspecified atom stereocenters. The Bertz CT molecular complexity index is 959. The number of thiophene rings is 1. The summed E-state index contributed by atoms with van der Waals surface area (Å²) in [5.74, 6) is 0.814. The van der Waals surface area contributed by atoms with Crippen molar-refractivity contribution in [3.05, 3.63) is 33.4 Å². The van der Waals surface area contributed by atoms with Crippen molar-refractivity contribution in [3.8, 4) is 0 Å². The number of hydrogen-bond donors (Lipinski definition) is 0. The number of hydrogen-bond acceptors (Lipinski definition) is 5. The van der Waals surface area contributed by atoms with Crippen LogP contribution in [0.15, 0.2) is 22.6 Å². The minimum atomic E-state index is -0.287. The molecular formula is C21H29N3O2S2. The largest absolute Gasteiger partial charge is 0.348 e. The third-order valence-electron chi connectivity index (χ3n) is 5.21. The van der Waals surface area contributed by atoms with E-state index in [0.717, 1.165) is 29.5 Å². The SMILES string of the molecule is C=CCn1c(SC(C(=O)N(C)C)C(C)C)nc2sc3c(c2c1=O)CCC(C)C3. The fraction of sp³-hybridized carbons (Fsp3) is 0.571. The third kappa shape index (κ3) is 3.92. The molecule has 7 heteroatoms. The summed E-state index contributed by atoms with van der Waals surface area (Å²) in [4.78, 5) is 34.7. The Labute approximate surface area is 174 Å². The highest BCUT2D eigenvalue weighted by atomic mass is 32.2. The standard InChI is InChI=1S/C21H29N3O2S2/c1-7-10-24-19(25)16-14-9-8-13(4)11-15(14)27-18(16)22-21(24)28-17(12(2)3)20(26)23(5)6/h7,12-13,17H,1,8-11H2,2-6H3. The van der Waals surface area contributed by atoms with E-state index in [1.165, 1.54) is 22.2 Å². The molecule has 0 saturated carbocycles. The first kappa shape index (κ1) is 21.1. The number of carbonyl (C=O) groups excluding carboxylic acids is 1. The zero-order valence-electron chi connectivity index (χ0n) is 17.3. The van der Waals surface area contributed by atoms with Gasteiger partial charge in [0.2, 0.25) is 5.91 Å². The molecule has 0 spiro atoms. The minimum Gasteiger partial charge on any atom is -0.348 e. The van der Waals surface area contributed by atoms with Crippen molar-refractivity contribution in [2.24, 2.45) is 11.8 Å². The molecule has 28 heavy (non-hydrogen) atoms. The van der Waals surface area contributed by atoms with Crippen LogP contribution >= 0.6 is 23.1 Å². The number of carbonyl (C=O) groups is 1. The van der Waals surface area contributed by atoms with Crippen LogP contribution in [-0.4, -0.2) is 39.7 Å². The van der Waals surface area contributed by atoms with E-state index in [0.29, 0.717) is 17.6 Å². The summed E-state index contributed by atoms with van der Waals surface area (Å²) >= 11 is 3.04. The van der Waals surface area contributed by atoms with Gasteiger partial charge in [-0.25, -0.2) is 4.98 Å². The highest BCUT2D eigenvalue weighted by Gasteiger charge is 2.29.